The summed E-state index contributed by atoms with van der Waals surface area (Å²) >= 11 is 0. The lowest BCUT2D eigenvalue weighted by Gasteiger charge is -2.57. The van der Waals surface area contributed by atoms with Crippen molar-refractivity contribution in [2.24, 2.45) is 35.3 Å². The highest BCUT2D eigenvalue weighted by Crippen LogP contribution is 2.55. The van der Waals surface area contributed by atoms with E-state index in [1.54, 1.807) is 0 Å². The van der Waals surface area contributed by atoms with Crippen molar-refractivity contribution >= 4 is 5.91 Å². The summed E-state index contributed by atoms with van der Waals surface area (Å²) in [6, 6.07) is 0. The first-order valence-electron chi connectivity index (χ1n) is 8.69. The second-order valence-corrected chi connectivity index (χ2v) is 8.22. The first-order valence-corrected chi connectivity index (χ1v) is 8.69. The molecule has 0 saturated heterocycles. The van der Waals surface area contributed by atoms with Crippen molar-refractivity contribution in [3.63, 3.8) is 0 Å². The van der Waals surface area contributed by atoms with E-state index in [1.165, 1.54) is 44.9 Å². The SMILES string of the molecule is NCC1CCCC1C(=O)NC12CC3CC(CC(C3)C1)C2. The minimum absolute atomic E-state index is 0.174. The van der Waals surface area contributed by atoms with Crippen LogP contribution in [0.2, 0.25) is 0 Å². The average molecular weight is 276 g/mol. The van der Waals surface area contributed by atoms with Gasteiger partial charge in [-0.1, -0.05) is 6.42 Å². The number of rotatable bonds is 3. The van der Waals surface area contributed by atoms with Crippen LogP contribution < -0.4 is 11.1 Å². The van der Waals surface area contributed by atoms with Gasteiger partial charge in [0.2, 0.25) is 5.91 Å². The molecule has 2 unspecified atom stereocenters. The highest BCUT2D eigenvalue weighted by Gasteiger charge is 2.52. The van der Waals surface area contributed by atoms with Gasteiger partial charge >= 0.3 is 0 Å². The van der Waals surface area contributed by atoms with Gasteiger partial charge in [-0.2, -0.15) is 0 Å². The van der Waals surface area contributed by atoms with Gasteiger partial charge in [0, 0.05) is 11.5 Å². The molecule has 112 valence electrons. The van der Waals surface area contributed by atoms with Crippen LogP contribution in [0, 0.1) is 29.6 Å². The third-order valence-corrected chi connectivity index (χ3v) is 6.73. The van der Waals surface area contributed by atoms with E-state index in [0.717, 1.165) is 30.6 Å². The summed E-state index contributed by atoms with van der Waals surface area (Å²) in [5, 5.41) is 3.54. The van der Waals surface area contributed by atoms with Gasteiger partial charge in [0.05, 0.1) is 0 Å². The Bertz CT molecular complexity index is 371. The number of carbonyl (C=O) groups is 1. The fourth-order valence-electron chi connectivity index (χ4n) is 6.28. The van der Waals surface area contributed by atoms with Crippen LogP contribution in [0.4, 0.5) is 0 Å². The van der Waals surface area contributed by atoms with Gasteiger partial charge in [0.25, 0.3) is 0 Å². The Labute approximate surface area is 122 Å². The summed E-state index contributed by atoms with van der Waals surface area (Å²) < 4.78 is 0. The molecule has 0 radical (unpaired) electrons. The highest BCUT2D eigenvalue weighted by molar-refractivity contribution is 5.80. The molecule has 0 aromatic rings. The van der Waals surface area contributed by atoms with Crippen LogP contribution in [0.25, 0.3) is 0 Å². The summed E-state index contributed by atoms with van der Waals surface area (Å²) in [5.74, 6) is 3.66. The smallest absolute Gasteiger partial charge is 0.223 e. The van der Waals surface area contributed by atoms with E-state index in [9.17, 15) is 4.79 Å². The Kier molecular flexibility index (Phi) is 3.10. The summed E-state index contributed by atoms with van der Waals surface area (Å²) in [4.78, 5) is 12.7. The van der Waals surface area contributed by atoms with Crippen molar-refractivity contribution in [3.05, 3.63) is 0 Å². The molecule has 5 fully saturated rings. The molecule has 2 atom stereocenters. The molecule has 3 nitrogen and oxygen atoms in total. The van der Waals surface area contributed by atoms with Crippen molar-refractivity contribution in [2.75, 3.05) is 6.54 Å². The average Bonchev–Trinajstić information content (AvgIpc) is 2.84. The maximum atomic E-state index is 12.7. The fraction of sp³-hybridized carbons (Fsp3) is 0.941. The summed E-state index contributed by atoms with van der Waals surface area (Å²) in [6.45, 7) is 0.680. The molecule has 5 aliphatic rings. The minimum atomic E-state index is 0.174. The third-order valence-electron chi connectivity index (χ3n) is 6.73. The number of hydrogen-bond donors (Lipinski definition) is 2. The lowest BCUT2D eigenvalue weighted by molar-refractivity contribution is -0.131. The Morgan fingerprint density at radius 3 is 2.20 bits per heavy atom. The van der Waals surface area contributed by atoms with E-state index < -0.39 is 0 Å². The molecule has 0 aliphatic heterocycles. The molecule has 3 N–H and O–H groups in total. The van der Waals surface area contributed by atoms with Gasteiger partial charge in [-0.15, -0.1) is 0 Å². The number of nitrogens with two attached hydrogens (primary N) is 1. The number of carbonyl (C=O) groups excluding carboxylic acids is 1. The highest BCUT2D eigenvalue weighted by atomic mass is 16.2. The molecule has 5 aliphatic carbocycles. The Morgan fingerprint density at radius 2 is 1.65 bits per heavy atom. The van der Waals surface area contributed by atoms with Gasteiger partial charge in [-0.25, -0.2) is 0 Å². The first-order chi connectivity index (χ1) is 9.67. The lowest BCUT2D eigenvalue weighted by atomic mass is 9.53. The van der Waals surface area contributed by atoms with Crippen molar-refractivity contribution in [2.45, 2.75) is 63.3 Å². The predicted octanol–water partition coefficient (Wildman–Crippen LogP) is 2.45. The molecule has 0 aromatic heterocycles. The van der Waals surface area contributed by atoms with Crippen LogP contribution in [-0.2, 0) is 4.79 Å². The van der Waals surface area contributed by atoms with Crippen LogP contribution in [-0.4, -0.2) is 18.0 Å². The molecule has 5 rings (SSSR count). The van der Waals surface area contributed by atoms with Gasteiger partial charge in [0.15, 0.2) is 0 Å². The van der Waals surface area contributed by atoms with E-state index in [-0.39, 0.29) is 11.5 Å². The van der Waals surface area contributed by atoms with E-state index in [1.807, 2.05) is 0 Å². The molecular formula is C17H28N2O. The monoisotopic (exact) mass is 276 g/mol. The maximum absolute atomic E-state index is 12.7. The third kappa shape index (κ3) is 2.09. The molecule has 20 heavy (non-hydrogen) atoms. The van der Waals surface area contributed by atoms with Crippen LogP contribution in [0.3, 0.4) is 0 Å². The molecule has 0 spiro atoms. The zero-order valence-electron chi connectivity index (χ0n) is 12.4. The number of hydrogen-bond acceptors (Lipinski definition) is 2. The van der Waals surface area contributed by atoms with Crippen LogP contribution in [0.15, 0.2) is 0 Å². The largest absolute Gasteiger partial charge is 0.350 e. The molecule has 0 aromatic carbocycles. The van der Waals surface area contributed by atoms with Gasteiger partial charge in [-0.05, 0) is 81.6 Å². The van der Waals surface area contributed by atoms with Crippen molar-refractivity contribution in [1.29, 1.82) is 0 Å². The minimum Gasteiger partial charge on any atom is -0.350 e. The van der Waals surface area contributed by atoms with Crippen molar-refractivity contribution < 1.29 is 4.79 Å². The lowest BCUT2D eigenvalue weighted by Crippen LogP contribution is -2.61. The van der Waals surface area contributed by atoms with Crippen LogP contribution in [0.1, 0.15) is 57.8 Å². The second-order valence-electron chi connectivity index (χ2n) is 8.22. The topological polar surface area (TPSA) is 55.1 Å². The Balaban J connectivity index is 1.47. The zero-order valence-corrected chi connectivity index (χ0v) is 12.4. The zero-order chi connectivity index (χ0) is 13.7. The molecule has 4 bridgehead atoms. The Hall–Kier alpha value is -0.570. The van der Waals surface area contributed by atoms with Gasteiger partial charge in [-0.3, -0.25) is 4.79 Å². The second kappa shape index (κ2) is 4.72. The van der Waals surface area contributed by atoms with Gasteiger partial charge < -0.3 is 11.1 Å². The molecule has 3 heteroatoms. The van der Waals surface area contributed by atoms with Crippen LogP contribution >= 0.6 is 0 Å². The van der Waals surface area contributed by atoms with Crippen LogP contribution in [0.5, 0.6) is 0 Å². The summed E-state index contributed by atoms with van der Waals surface area (Å²) in [6.07, 6.45) is 11.5. The Morgan fingerprint density at radius 1 is 1.05 bits per heavy atom. The maximum Gasteiger partial charge on any atom is 0.223 e. The number of nitrogens with one attached hydrogen (secondary N) is 1. The van der Waals surface area contributed by atoms with E-state index >= 15 is 0 Å². The standard InChI is InChI=1S/C17H28N2O/c18-10-14-2-1-3-15(14)16(20)19-17-7-11-4-12(8-17)6-13(5-11)9-17/h11-15H,1-10,18H2,(H,19,20). The summed E-state index contributed by atoms with van der Waals surface area (Å²) in [5.41, 5.74) is 6.02. The predicted molar refractivity (Wildman–Crippen MR) is 78.9 cm³/mol. The van der Waals surface area contributed by atoms with Crippen molar-refractivity contribution in [1.82, 2.24) is 5.32 Å². The molecular weight excluding hydrogens is 248 g/mol. The normalized spacial score (nSPS) is 49.5. The van der Waals surface area contributed by atoms with E-state index in [0.29, 0.717) is 18.4 Å². The molecule has 0 heterocycles. The first kappa shape index (κ1) is 13.1. The molecule has 5 saturated carbocycles. The van der Waals surface area contributed by atoms with Gasteiger partial charge in [0.1, 0.15) is 0 Å². The fourth-order valence-corrected chi connectivity index (χ4v) is 6.28. The van der Waals surface area contributed by atoms with E-state index in [2.05, 4.69) is 5.32 Å². The van der Waals surface area contributed by atoms with Crippen molar-refractivity contribution in [3.8, 4) is 0 Å². The quantitative estimate of drug-likeness (QED) is 0.832. The summed E-state index contributed by atoms with van der Waals surface area (Å²) in [7, 11) is 0. The number of amides is 1. The van der Waals surface area contributed by atoms with E-state index in [4.69, 9.17) is 5.73 Å². The molecule has 1 amide bonds.